The van der Waals surface area contributed by atoms with Gasteiger partial charge in [-0.2, -0.15) is 0 Å². The van der Waals surface area contributed by atoms with Gasteiger partial charge in [-0.3, -0.25) is 4.57 Å². The van der Waals surface area contributed by atoms with E-state index in [0.29, 0.717) is 12.6 Å². The zero-order valence-electron chi connectivity index (χ0n) is 7.57. The maximum atomic E-state index is 5.73. The van der Waals surface area contributed by atoms with Crippen LogP contribution < -0.4 is 11.1 Å². The van der Waals surface area contributed by atoms with Crippen molar-refractivity contribution >= 4 is 11.6 Å². The fourth-order valence-corrected chi connectivity index (χ4v) is 1.80. The van der Waals surface area contributed by atoms with Gasteiger partial charge in [-0.25, -0.2) is 4.98 Å². The van der Waals surface area contributed by atoms with E-state index >= 15 is 0 Å². The normalized spacial score (nSPS) is 12.9. The molecular weight excluding hydrogens is 176 g/mol. The first-order chi connectivity index (χ1) is 6.86. The van der Waals surface area contributed by atoms with Gasteiger partial charge in [-0.15, -0.1) is 0 Å². The second-order valence-electron chi connectivity index (χ2n) is 3.31. The molecule has 1 aromatic carbocycles. The lowest BCUT2D eigenvalue weighted by Gasteiger charge is -2.20. The van der Waals surface area contributed by atoms with Crippen LogP contribution in [0.4, 0.5) is 11.6 Å². The average Bonchev–Trinajstić information content (AvgIpc) is 2.61. The summed E-state index contributed by atoms with van der Waals surface area (Å²) in [7, 11) is 0. The first kappa shape index (κ1) is 7.44. The van der Waals surface area contributed by atoms with Crippen molar-refractivity contribution in [2.24, 2.45) is 0 Å². The lowest BCUT2D eigenvalue weighted by molar-refractivity contribution is 0.782. The molecule has 0 amide bonds. The number of nitrogens with two attached hydrogens (primary N) is 1. The van der Waals surface area contributed by atoms with Crippen LogP contribution in [-0.4, -0.2) is 9.55 Å². The maximum Gasteiger partial charge on any atom is 0.202 e. The van der Waals surface area contributed by atoms with Crippen LogP contribution in [-0.2, 0) is 6.67 Å². The lowest BCUT2D eigenvalue weighted by atomic mass is 10.1. The molecule has 0 atom stereocenters. The number of anilines is 2. The Morgan fingerprint density at radius 2 is 2.21 bits per heavy atom. The van der Waals surface area contributed by atoms with Crippen LogP contribution in [0.3, 0.4) is 0 Å². The highest BCUT2D eigenvalue weighted by Gasteiger charge is 2.16. The number of imidazole rings is 1. The molecule has 70 valence electrons. The molecule has 4 nitrogen and oxygen atoms in total. The van der Waals surface area contributed by atoms with Gasteiger partial charge >= 0.3 is 0 Å². The van der Waals surface area contributed by atoms with Gasteiger partial charge in [0.05, 0.1) is 18.6 Å². The van der Waals surface area contributed by atoms with Crippen molar-refractivity contribution in [1.82, 2.24) is 9.55 Å². The minimum atomic E-state index is 0.557. The molecule has 14 heavy (non-hydrogen) atoms. The Morgan fingerprint density at radius 3 is 3.14 bits per heavy atom. The highest BCUT2D eigenvalue weighted by atomic mass is 15.2. The summed E-state index contributed by atoms with van der Waals surface area (Å²) in [6, 6.07) is 8.15. The zero-order chi connectivity index (χ0) is 9.54. The second-order valence-corrected chi connectivity index (χ2v) is 3.31. The molecule has 0 saturated heterocycles. The fourth-order valence-electron chi connectivity index (χ4n) is 1.80. The number of fused-ring (bicyclic) bond motifs is 3. The van der Waals surface area contributed by atoms with Gasteiger partial charge in [0.25, 0.3) is 0 Å². The highest BCUT2D eigenvalue weighted by Crippen LogP contribution is 2.32. The van der Waals surface area contributed by atoms with Gasteiger partial charge < -0.3 is 11.1 Å². The molecular formula is C10H10N4. The molecule has 0 aliphatic carbocycles. The molecule has 3 rings (SSSR count). The fraction of sp³-hybridized carbons (Fsp3) is 0.100. The average molecular weight is 186 g/mol. The molecule has 0 unspecified atom stereocenters. The van der Waals surface area contributed by atoms with Crippen molar-refractivity contribution in [1.29, 1.82) is 0 Å². The third kappa shape index (κ3) is 0.849. The molecule has 0 spiro atoms. The van der Waals surface area contributed by atoms with Gasteiger partial charge in [0.2, 0.25) is 5.95 Å². The van der Waals surface area contributed by atoms with E-state index < -0.39 is 0 Å². The Labute approximate surface area is 81.4 Å². The number of hydrogen-bond donors (Lipinski definition) is 2. The van der Waals surface area contributed by atoms with Crippen LogP contribution in [0.25, 0.3) is 11.3 Å². The van der Waals surface area contributed by atoms with Crippen molar-refractivity contribution in [2.45, 2.75) is 6.67 Å². The lowest BCUT2D eigenvalue weighted by Crippen LogP contribution is -2.16. The van der Waals surface area contributed by atoms with Crippen LogP contribution in [0.2, 0.25) is 0 Å². The Kier molecular flexibility index (Phi) is 1.33. The Hall–Kier alpha value is -1.97. The van der Waals surface area contributed by atoms with Gasteiger partial charge in [0, 0.05) is 11.3 Å². The number of hydrogen-bond acceptors (Lipinski definition) is 3. The summed E-state index contributed by atoms with van der Waals surface area (Å²) < 4.78 is 1.96. The van der Waals surface area contributed by atoms with E-state index in [0.717, 1.165) is 16.9 Å². The number of nitrogens with one attached hydrogen (secondary N) is 1. The van der Waals surface area contributed by atoms with E-state index in [-0.39, 0.29) is 0 Å². The first-order valence-corrected chi connectivity index (χ1v) is 4.50. The maximum absolute atomic E-state index is 5.73. The van der Waals surface area contributed by atoms with Crippen LogP contribution in [0.15, 0.2) is 30.5 Å². The van der Waals surface area contributed by atoms with Crippen molar-refractivity contribution in [3.05, 3.63) is 30.5 Å². The van der Waals surface area contributed by atoms with E-state index in [1.165, 1.54) is 0 Å². The molecule has 1 aliphatic heterocycles. The predicted octanol–water partition coefficient (Wildman–Crippen LogP) is 1.52. The quantitative estimate of drug-likeness (QED) is 0.655. The monoisotopic (exact) mass is 186 g/mol. The Balaban J connectivity index is 2.29. The largest absolute Gasteiger partial charge is 0.369 e. The van der Waals surface area contributed by atoms with Crippen molar-refractivity contribution < 1.29 is 0 Å². The summed E-state index contributed by atoms with van der Waals surface area (Å²) in [5.74, 6) is 0.557. The number of para-hydroxylation sites is 1. The molecule has 1 aromatic heterocycles. The number of aromatic nitrogens is 2. The Bertz CT molecular complexity index is 487. The topological polar surface area (TPSA) is 55.9 Å². The minimum absolute atomic E-state index is 0.557. The standard InChI is InChI=1S/C10H10N4/c11-10-12-5-9-7-3-1-2-4-8(7)13-6-14(9)10/h1-5,13H,6H2,(H2,11,12). The summed E-state index contributed by atoms with van der Waals surface area (Å²) in [4.78, 5) is 4.10. The van der Waals surface area contributed by atoms with E-state index in [1.54, 1.807) is 0 Å². The van der Waals surface area contributed by atoms with Gasteiger partial charge in [-0.05, 0) is 6.07 Å². The summed E-state index contributed by atoms with van der Waals surface area (Å²) in [5, 5.41) is 3.29. The summed E-state index contributed by atoms with van der Waals surface area (Å²) in [5.41, 5.74) is 9.11. The van der Waals surface area contributed by atoms with Gasteiger partial charge in [-0.1, -0.05) is 18.2 Å². The van der Waals surface area contributed by atoms with E-state index in [2.05, 4.69) is 22.4 Å². The summed E-state index contributed by atoms with van der Waals surface area (Å²) in [6.45, 7) is 0.693. The molecule has 3 N–H and O–H groups in total. The van der Waals surface area contributed by atoms with Crippen LogP contribution in [0.5, 0.6) is 0 Å². The Morgan fingerprint density at radius 1 is 1.36 bits per heavy atom. The van der Waals surface area contributed by atoms with Crippen molar-refractivity contribution in [2.75, 3.05) is 11.1 Å². The summed E-state index contributed by atoms with van der Waals surface area (Å²) in [6.07, 6.45) is 1.81. The molecule has 4 heteroatoms. The molecule has 2 aromatic rings. The number of nitrogen functional groups attached to an aromatic ring is 1. The van der Waals surface area contributed by atoms with Crippen molar-refractivity contribution in [3.63, 3.8) is 0 Å². The highest BCUT2D eigenvalue weighted by molar-refractivity contribution is 5.78. The summed E-state index contributed by atoms with van der Waals surface area (Å²) >= 11 is 0. The number of benzene rings is 1. The number of rotatable bonds is 0. The molecule has 0 fully saturated rings. The molecule has 1 aliphatic rings. The second kappa shape index (κ2) is 2.51. The third-order valence-corrected chi connectivity index (χ3v) is 2.52. The van der Waals surface area contributed by atoms with Crippen LogP contribution in [0, 0.1) is 0 Å². The smallest absolute Gasteiger partial charge is 0.202 e. The molecule has 0 radical (unpaired) electrons. The minimum Gasteiger partial charge on any atom is -0.369 e. The molecule has 2 heterocycles. The molecule has 0 bridgehead atoms. The zero-order valence-corrected chi connectivity index (χ0v) is 7.57. The van der Waals surface area contributed by atoms with E-state index in [9.17, 15) is 0 Å². The van der Waals surface area contributed by atoms with E-state index in [1.807, 2.05) is 22.9 Å². The van der Waals surface area contributed by atoms with Gasteiger partial charge in [0.15, 0.2) is 0 Å². The van der Waals surface area contributed by atoms with Gasteiger partial charge in [0.1, 0.15) is 0 Å². The van der Waals surface area contributed by atoms with Crippen LogP contribution in [0.1, 0.15) is 0 Å². The van der Waals surface area contributed by atoms with Crippen LogP contribution >= 0.6 is 0 Å². The SMILES string of the molecule is Nc1ncc2n1CNc1ccccc1-2. The first-order valence-electron chi connectivity index (χ1n) is 4.50. The number of nitrogens with zero attached hydrogens (tertiary/aromatic N) is 2. The van der Waals surface area contributed by atoms with E-state index in [4.69, 9.17) is 5.73 Å². The predicted molar refractivity (Wildman–Crippen MR) is 55.7 cm³/mol. The molecule has 0 saturated carbocycles. The third-order valence-electron chi connectivity index (χ3n) is 2.52. The van der Waals surface area contributed by atoms with Crippen molar-refractivity contribution in [3.8, 4) is 11.3 Å².